The Hall–Kier alpha value is -1.40. The molecule has 1 aliphatic rings. The highest BCUT2D eigenvalue weighted by molar-refractivity contribution is 14.0. The summed E-state index contributed by atoms with van der Waals surface area (Å²) in [6.45, 7) is 4.97. The van der Waals surface area contributed by atoms with Gasteiger partial charge in [-0.1, -0.05) is 24.3 Å². The summed E-state index contributed by atoms with van der Waals surface area (Å²) in [5.41, 5.74) is 1.93. The first kappa shape index (κ1) is 23.9. The van der Waals surface area contributed by atoms with E-state index in [4.69, 9.17) is 0 Å². The molecule has 29 heavy (non-hydrogen) atoms. The number of thiazole rings is 1. The van der Waals surface area contributed by atoms with Crippen LogP contribution in [0.1, 0.15) is 28.8 Å². The summed E-state index contributed by atoms with van der Waals surface area (Å²) >= 11 is 0.985. The van der Waals surface area contributed by atoms with E-state index in [0.29, 0.717) is 23.6 Å². The van der Waals surface area contributed by atoms with Crippen LogP contribution in [0.4, 0.5) is 13.2 Å². The molecule has 2 aromatic rings. The van der Waals surface area contributed by atoms with E-state index >= 15 is 0 Å². The fourth-order valence-electron chi connectivity index (χ4n) is 3.17. The van der Waals surface area contributed by atoms with Gasteiger partial charge in [-0.2, -0.15) is 13.2 Å². The average molecular weight is 539 g/mol. The molecule has 1 unspecified atom stereocenters. The number of halogens is 4. The van der Waals surface area contributed by atoms with Gasteiger partial charge in [0.15, 0.2) is 11.7 Å². The number of guanidine groups is 1. The predicted molar refractivity (Wildman–Crippen MR) is 121 cm³/mol. The highest BCUT2D eigenvalue weighted by Crippen LogP contribution is 2.29. The van der Waals surface area contributed by atoms with Crippen molar-refractivity contribution in [3.63, 3.8) is 0 Å². The molecular formula is C19H25F3IN5S. The lowest BCUT2D eigenvalue weighted by Crippen LogP contribution is -2.47. The molecule has 0 fully saturated rings. The number of nitrogens with zero attached hydrogens (tertiary/aromatic N) is 3. The molecule has 10 heteroatoms. The molecule has 5 nitrogen and oxygen atoms in total. The number of fused-ring (bicyclic) bond motifs is 1. The van der Waals surface area contributed by atoms with Gasteiger partial charge in [0.05, 0.1) is 6.54 Å². The molecule has 1 atom stereocenters. The van der Waals surface area contributed by atoms with Gasteiger partial charge in [0.1, 0.15) is 5.01 Å². The van der Waals surface area contributed by atoms with Gasteiger partial charge in [-0.05, 0) is 24.5 Å². The van der Waals surface area contributed by atoms with Crippen LogP contribution in [0.3, 0.4) is 0 Å². The Kier molecular flexibility index (Phi) is 8.71. The molecule has 1 aliphatic heterocycles. The van der Waals surface area contributed by atoms with Crippen molar-refractivity contribution in [1.82, 2.24) is 20.5 Å². The average Bonchev–Trinajstić information content (AvgIpc) is 3.17. The largest absolute Gasteiger partial charge is 0.434 e. The lowest BCUT2D eigenvalue weighted by atomic mass is 9.99. The van der Waals surface area contributed by atoms with Crippen LogP contribution in [0.2, 0.25) is 0 Å². The SMILES string of the molecule is CN=C(NCc1nc(C(F)(F)F)cs1)NCC(C)N1CCc2ccccc2C1.I. The zero-order valence-electron chi connectivity index (χ0n) is 16.3. The van der Waals surface area contributed by atoms with E-state index in [-0.39, 0.29) is 30.5 Å². The van der Waals surface area contributed by atoms with Gasteiger partial charge < -0.3 is 10.6 Å². The van der Waals surface area contributed by atoms with Crippen LogP contribution < -0.4 is 10.6 Å². The third-order valence-electron chi connectivity index (χ3n) is 4.82. The van der Waals surface area contributed by atoms with Crippen molar-refractivity contribution in [3.8, 4) is 0 Å². The van der Waals surface area contributed by atoms with Crippen LogP contribution in [0.5, 0.6) is 0 Å². The fraction of sp³-hybridized carbons (Fsp3) is 0.474. The number of hydrogen-bond donors (Lipinski definition) is 2. The molecule has 0 amide bonds. The Balaban J connectivity index is 0.00000300. The third kappa shape index (κ3) is 6.54. The second-order valence-corrected chi connectivity index (χ2v) is 7.71. The van der Waals surface area contributed by atoms with Crippen LogP contribution >= 0.6 is 35.3 Å². The summed E-state index contributed by atoms with van der Waals surface area (Å²) in [7, 11) is 1.64. The van der Waals surface area contributed by atoms with Crippen LogP contribution in [-0.2, 0) is 25.7 Å². The van der Waals surface area contributed by atoms with Crippen LogP contribution in [0, 0.1) is 0 Å². The summed E-state index contributed by atoms with van der Waals surface area (Å²) in [5, 5.41) is 7.68. The first-order chi connectivity index (χ1) is 13.4. The minimum atomic E-state index is -4.41. The maximum atomic E-state index is 12.6. The number of aromatic nitrogens is 1. The van der Waals surface area contributed by atoms with Gasteiger partial charge in [-0.25, -0.2) is 4.98 Å². The van der Waals surface area contributed by atoms with Crippen LogP contribution in [0.15, 0.2) is 34.6 Å². The molecule has 0 radical (unpaired) electrons. The number of rotatable bonds is 5. The standard InChI is InChI=1S/C19H24F3N5S.HI/c1-13(27-8-7-14-5-3-4-6-15(14)11-27)9-24-18(23-2)25-10-17-26-16(12-28-17)19(20,21)22;/h3-6,12-13H,7-11H2,1-2H3,(H2,23,24,25);1H. The van der Waals surface area contributed by atoms with E-state index in [2.05, 4.69) is 56.7 Å². The van der Waals surface area contributed by atoms with Crippen LogP contribution in [-0.4, -0.2) is 42.0 Å². The number of aliphatic imine (C=N–C) groups is 1. The van der Waals surface area contributed by atoms with Gasteiger partial charge in [0.25, 0.3) is 0 Å². The molecule has 0 saturated heterocycles. The summed E-state index contributed by atoms with van der Waals surface area (Å²) in [6.07, 6.45) is -3.36. The zero-order chi connectivity index (χ0) is 20.1. The topological polar surface area (TPSA) is 52.6 Å². The zero-order valence-corrected chi connectivity index (χ0v) is 19.4. The molecular weight excluding hydrogens is 514 g/mol. The monoisotopic (exact) mass is 539 g/mol. The lowest BCUT2D eigenvalue weighted by Gasteiger charge is -2.34. The quantitative estimate of drug-likeness (QED) is 0.344. The second-order valence-electron chi connectivity index (χ2n) is 6.77. The van der Waals surface area contributed by atoms with E-state index in [0.717, 1.165) is 36.2 Å². The van der Waals surface area contributed by atoms with E-state index in [1.165, 1.54) is 11.1 Å². The van der Waals surface area contributed by atoms with Gasteiger partial charge >= 0.3 is 6.18 Å². The van der Waals surface area contributed by atoms with E-state index in [1.807, 2.05) is 0 Å². The Bertz CT molecular complexity index is 824. The Labute approximate surface area is 189 Å². The van der Waals surface area contributed by atoms with E-state index < -0.39 is 11.9 Å². The summed E-state index contributed by atoms with van der Waals surface area (Å²) in [6, 6.07) is 8.80. The normalized spacial score (nSPS) is 16.0. The summed E-state index contributed by atoms with van der Waals surface area (Å²) in [5.74, 6) is 0.549. The van der Waals surface area contributed by atoms with Crippen molar-refractivity contribution in [2.45, 2.75) is 38.7 Å². The molecule has 0 bridgehead atoms. The van der Waals surface area contributed by atoms with Crippen molar-refractivity contribution in [2.24, 2.45) is 4.99 Å². The van der Waals surface area contributed by atoms with Gasteiger partial charge in [0.2, 0.25) is 0 Å². The molecule has 1 aromatic heterocycles. The van der Waals surface area contributed by atoms with E-state index in [1.54, 1.807) is 7.05 Å². The molecule has 3 rings (SSSR count). The summed E-state index contributed by atoms with van der Waals surface area (Å²) < 4.78 is 37.9. The molecule has 0 spiro atoms. The van der Waals surface area contributed by atoms with Crippen molar-refractivity contribution in [2.75, 3.05) is 20.1 Å². The van der Waals surface area contributed by atoms with Crippen molar-refractivity contribution < 1.29 is 13.2 Å². The fourth-order valence-corrected chi connectivity index (χ4v) is 3.91. The number of hydrogen-bond acceptors (Lipinski definition) is 4. The molecule has 2 heterocycles. The molecule has 1 aromatic carbocycles. The molecule has 2 N–H and O–H groups in total. The molecule has 0 saturated carbocycles. The first-order valence-electron chi connectivity index (χ1n) is 9.13. The van der Waals surface area contributed by atoms with Crippen molar-refractivity contribution >= 4 is 41.3 Å². The first-order valence-corrected chi connectivity index (χ1v) is 10.0. The number of alkyl halides is 3. The van der Waals surface area contributed by atoms with Crippen molar-refractivity contribution in [1.29, 1.82) is 0 Å². The van der Waals surface area contributed by atoms with Gasteiger partial charge in [-0.3, -0.25) is 9.89 Å². The lowest BCUT2D eigenvalue weighted by molar-refractivity contribution is -0.140. The maximum Gasteiger partial charge on any atom is 0.434 e. The van der Waals surface area contributed by atoms with Gasteiger partial charge in [-0.15, -0.1) is 35.3 Å². The highest BCUT2D eigenvalue weighted by atomic mass is 127. The Morgan fingerprint density at radius 1 is 1.28 bits per heavy atom. The second kappa shape index (κ2) is 10.6. The smallest absolute Gasteiger partial charge is 0.355 e. The van der Waals surface area contributed by atoms with Crippen molar-refractivity contribution in [3.05, 3.63) is 51.5 Å². The van der Waals surface area contributed by atoms with Crippen LogP contribution in [0.25, 0.3) is 0 Å². The molecule has 0 aliphatic carbocycles. The predicted octanol–water partition coefficient (Wildman–Crippen LogP) is 3.89. The van der Waals surface area contributed by atoms with Gasteiger partial charge in [0, 0.05) is 38.1 Å². The summed E-state index contributed by atoms with van der Waals surface area (Å²) in [4.78, 5) is 10.2. The maximum absolute atomic E-state index is 12.6. The molecule has 160 valence electrons. The third-order valence-corrected chi connectivity index (χ3v) is 5.67. The highest BCUT2D eigenvalue weighted by Gasteiger charge is 2.33. The Morgan fingerprint density at radius 2 is 2.00 bits per heavy atom. The van der Waals surface area contributed by atoms with E-state index in [9.17, 15) is 13.2 Å². The minimum absolute atomic E-state index is 0. The Morgan fingerprint density at radius 3 is 2.66 bits per heavy atom. The number of nitrogens with one attached hydrogen (secondary N) is 2. The number of benzene rings is 1. The minimum Gasteiger partial charge on any atom is -0.355 e.